The molecule has 1 fully saturated rings. The predicted molar refractivity (Wildman–Crippen MR) is 86.6 cm³/mol. The van der Waals surface area contributed by atoms with Gasteiger partial charge in [-0.1, -0.05) is 13.8 Å². The molecule has 118 valence electrons. The molecule has 1 aromatic heterocycles. The zero-order valence-electron chi connectivity index (χ0n) is 13.4. The first-order valence-electron chi connectivity index (χ1n) is 8.05. The molecule has 0 aromatic carbocycles. The van der Waals surface area contributed by atoms with E-state index in [9.17, 15) is 5.11 Å². The zero-order valence-corrected chi connectivity index (χ0v) is 13.4. The first-order chi connectivity index (χ1) is 10.1. The number of rotatable bonds is 6. The molecular weight excluding hydrogens is 264 g/mol. The Hall–Kier alpha value is -1.36. The van der Waals surface area contributed by atoms with Crippen molar-refractivity contribution >= 4 is 11.8 Å². The van der Waals surface area contributed by atoms with Crippen LogP contribution >= 0.6 is 0 Å². The van der Waals surface area contributed by atoms with Gasteiger partial charge in [0, 0.05) is 18.3 Å². The van der Waals surface area contributed by atoms with Gasteiger partial charge in [-0.3, -0.25) is 0 Å². The molecule has 2 rings (SSSR count). The number of nitrogens with one attached hydrogen (secondary N) is 2. The third kappa shape index (κ3) is 4.30. The van der Waals surface area contributed by atoms with E-state index in [-0.39, 0.29) is 12.1 Å². The number of hydrogen-bond acceptors (Lipinski definition) is 5. The molecular formula is C16H28N4O. The van der Waals surface area contributed by atoms with Crippen LogP contribution in [0.1, 0.15) is 51.6 Å². The van der Waals surface area contributed by atoms with Crippen molar-refractivity contribution in [2.24, 2.45) is 5.92 Å². The van der Waals surface area contributed by atoms with Gasteiger partial charge >= 0.3 is 0 Å². The van der Waals surface area contributed by atoms with E-state index in [2.05, 4.69) is 34.4 Å². The molecule has 5 nitrogen and oxygen atoms in total. The van der Waals surface area contributed by atoms with Gasteiger partial charge in [0.1, 0.15) is 5.82 Å². The summed E-state index contributed by atoms with van der Waals surface area (Å²) in [7, 11) is 0. The van der Waals surface area contributed by atoms with Crippen molar-refractivity contribution in [1.82, 2.24) is 9.97 Å². The number of anilines is 2. The third-order valence-electron chi connectivity index (χ3n) is 4.31. The Kier molecular flexibility index (Phi) is 5.39. The predicted octanol–water partition coefficient (Wildman–Crippen LogP) is 2.96. The minimum atomic E-state index is -0.227. The molecule has 0 radical (unpaired) electrons. The van der Waals surface area contributed by atoms with Gasteiger partial charge in [0.25, 0.3) is 0 Å². The Morgan fingerprint density at radius 3 is 2.67 bits per heavy atom. The highest BCUT2D eigenvalue weighted by Gasteiger charge is 2.33. The van der Waals surface area contributed by atoms with Crippen LogP contribution in [0.4, 0.5) is 11.8 Å². The van der Waals surface area contributed by atoms with E-state index < -0.39 is 0 Å². The van der Waals surface area contributed by atoms with E-state index in [0.717, 1.165) is 56.1 Å². The summed E-state index contributed by atoms with van der Waals surface area (Å²) >= 11 is 0. The van der Waals surface area contributed by atoms with Gasteiger partial charge in [0.05, 0.1) is 12.1 Å². The number of aryl methyl sites for hydroxylation is 1. The lowest BCUT2D eigenvalue weighted by atomic mass is 9.77. The van der Waals surface area contributed by atoms with Crippen LogP contribution in [0.15, 0.2) is 6.07 Å². The Morgan fingerprint density at radius 1 is 1.33 bits per heavy atom. The minimum absolute atomic E-state index is 0.153. The molecule has 0 atom stereocenters. The van der Waals surface area contributed by atoms with Crippen molar-refractivity contribution < 1.29 is 5.11 Å². The van der Waals surface area contributed by atoms with Gasteiger partial charge in [-0.2, -0.15) is 4.98 Å². The Balaban J connectivity index is 2.11. The van der Waals surface area contributed by atoms with Gasteiger partial charge < -0.3 is 15.7 Å². The van der Waals surface area contributed by atoms with E-state index in [1.54, 1.807) is 0 Å². The quantitative estimate of drug-likeness (QED) is 0.752. The molecule has 1 aliphatic rings. The van der Waals surface area contributed by atoms with Crippen LogP contribution in [-0.2, 0) is 0 Å². The Morgan fingerprint density at radius 2 is 2.05 bits per heavy atom. The normalized spacial score (nSPS) is 25.6. The van der Waals surface area contributed by atoms with Crippen LogP contribution in [0.5, 0.6) is 0 Å². The number of aromatic nitrogens is 2. The van der Waals surface area contributed by atoms with Gasteiger partial charge in [-0.25, -0.2) is 4.98 Å². The highest BCUT2D eigenvalue weighted by Crippen LogP contribution is 2.34. The van der Waals surface area contributed by atoms with Gasteiger partial charge in [-0.05, 0) is 44.9 Å². The summed E-state index contributed by atoms with van der Waals surface area (Å²) in [5.74, 6) is 2.22. The highest BCUT2D eigenvalue weighted by atomic mass is 16.3. The second-order valence-corrected chi connectivity index (χ2v) is 6.39. The summed E-state index contributed by atoms with van der Waals surface area (Å²) in [6, 6.07) is 1.95. The largest absolute Gasteiger partial charge is 0.394 e. The van der Waals surface area contributed by atoms with Crippen molar-refractivity contribution in [3.8, 4) is 0 Å². The second kappa shape index (κ2) is 7.07. The third-order valence-corrected chi connectivity index (χ3v) is 4.31. The molecule has 1 aromatic rings. The van der Waals surface area contributed by atoms with Crippen LogP contribution < -0.4 is 10.6 Å². The summed E-state index contributed by atoms with van der Waals surface area (Å²) in [6.07, 6.45) is 5.33. The molecule has 1 aliphatic carbocycles. The molecule has 0 amide bonds. The van der Waals surface area contributed by atoms with E-state index in [1.165, 1.54) is 0 Å². The molecule has 1 saturated carbocycles. The molecule has 0 bridgehead atoms. The molecule has 1 heterocycles. The highest BCUT2D eigenvalue weighted by molar-refractivity contribution is 5.44. The fraction of sp³-hybridized carbons (Fsp3) is 0.750. The van der Waals surface area contributed by atoms with Crippen LogP contribution in [0.2, 0.25) is 0 Å². The van der Waals surface area contributed by atoms with E-state index in [0.29, 0.717) is 5.95 Å². The van der Waals surface area contributed by atoms with Crippen molar-refractivity contribution in [2.75, 3.05) is 23.8 Å². The van der Waals surface area contributed by atoms with Crippen LogP contribution in [0.25, 0.3) is 0 Å². The van der Waals surface area contributed by atoms with Crippen molar-refractivity contribution in [3.05, 3.63) is 11.8 Å². The molecule has 0 spiro atoms. The number of nitrogens with zero attached hydrogens (tertiary/aromatic N) is 2. The monoisotopic (exact) mass is 292 g/mol. The Labute approximate surface area is 127 Å². The van der Waals surface area contributed by atoms with Crippen molar-refractivity contribution in [1.29, 1.82) is 0 Å². The summed E-state index contributed by atoms with van der Waals surface area (Å²) in [5, 5.41) is 16.6. The lowest BCUT2D eigenvalue weighted by Gasteiger charge is -2.39. The first-order valence-corrected chi connectivity index (χ1v) is 8.05. The molecule has 0 unspecified atom stereocenters. The summed E-state index contributed by atoms with van der Waals surface area (Å²) in [5.41, 5.74) is 0.707. The summed E-state index contributed by atoms with van der Waals surface area (Å²) < 4.78 is 0. The van der Waals surface area contributed by atoms with Gasteiger partial charge in [-0.15, -0.1) is 0 Å². The molecule has 3 N–H and O–H groups in total. The maximum Gasteiger partial charge on any atom is 0.224 e. The summed E-state index contributed by atoms with van der Waals surface area (Å²) in [4.78, 5) is 8.93. The fourth-order valence-electron chi connectivity index (χ4n) is 2.86. The average Bonchev–Trinajstić information content (AvgIpc) is 2.47. The van der Waals surface area contributed by atoms with E-state index in [4.69, 9.17) is 0 Å². The number of hydrogen-bond donors (Lipinski definition) is 3. The van der Waals surface area contributed by atoms with Crippen LogP contribution in [0.3, 0.4) is 0 Å². The molecule has 0 aliphatic heterocycles. The standard InChI is InChI=1S/C16H28N4O/c1-4-9-17-15-18-13(3)10-14(19-15)20-16(11-21)7-5-12(2)6-8-16/h10,12,21H,4-9,11H2,1-3H3,(H2,17,18,19,20). The topological polar surface area (TPSA) is 70.1 Å². The van der Waals surface area contributed by atoms with Crippen LogP contribution in [-0.4, -0.2) is 33.8 Å². The zero-order chi connectivity index (χ0) is 15.3. The van der Waals surface area contributed by atoms with Gasteiger partial charge in [0.15, 0.2) is 0 Å². The summed E-state index contributed by atoms with van der Waals surface area (Å²) in [6.45, 7) is 7.39. The maximum absolute atomic E-state index is 9.85. The van der Waals surface area contributed by atoms with Crippen molar-refractivity contribution in [3.63, 3.8) is 0 Å². The number of aliphatic hydroxyl groups is 1. The fourth-order valence-corrected chi connectivity index (χ4v) is 2.86. The van der Waals surface area contributed by atoms with E-state index >= 15 is 0 Å². The molecule has 0 saturated heterocycles. The average molecular weight is 292 g/mol. The van der Waals surface area contributed by atoms with Crippen LogP contribution in [0, 0.1) is 12.8 Å². The second-order valence-electron chi connectivity index (χ2n) is 6.39. The molecule has 5 heteroatoms. The van der Waals surface area contributed by atoms with Crippen molar-refractivity contribution in [2.45, 2.75) is 58.4 Å². The Bertz CT molecular complexity index is 456. The van der Waals surface area contributed by atoms with Gasteiger partial charge in [0.2, 0.25) is 5.95 Å². The smallest absolute Gasteiger partial charge is 0.224 e. The molecule has 21 heavy (non-hydrogen) atoms. The SMILES string of the molecule is CCCNc1nc(C)cc(NC2(CO)CCC(C)CC2)n1. The lowest BCUT2D eigenvalue weighted by Crippen LogP contribution is -2.45. The lowest BCUT2D eigenvalue weighted by molar-refractivity contribution is 0.155. The first kappa shape index (κ1) is 16.0. The number of aliphatic hydroxyl groups excluding tert-OH is 1. The minimum Gasteiger partial charge on any atom is -0.394 e. The maximum atomic E-state index is 9.85. The van der Waals surface area contributed by atoms with E-state index in [1.807, 2.05) is 13.0 Å².